The van der Waals surface area contributed by atoms with Crippen LogP contribution in [-0.2, 0) is 4.79 Å². The Bertz CT molecular complexity index is 436. The molecule has 90 valence electrons. The van der Waals surface area contributed by atoms with Crippen LogP contribution in [0.15, 0.2) is 35.6 Å². The molecule has 1 aliphatic heterocycles. The van der Waals surface area contributed by atoms with Crippen molar-refractivity contribution in [3.05, 3.63) is 35.6 Å². The summed E-state index contributed by atoms with van der Waals surface area (Å²) < 4.78 is 6.50. The minimum absolute atomic E-state index is 0.0323. The second kappa shape index (κ2) is 5.31. The van der Waals surface area contributed by atoms with Gasteiger partial charge in [-0.25, -0.2) is 0 Å². The Morgan fingerprint density at radius 3 is 3.18 bits per heavy atom. The second-order valence-electron chi connectivity index (χ2n) is 3.80. The maximum absolute atomic E-state index is 11.4. The lowest BCUT2D eigenvalue weighted by Gasteiger charge is -2.40. The quantitative estimate of drug-likeness (QED) is 0.798. The second-order valence-corrected chi connectivity index (χ2v) is 4.65. The van der Waals surface area contributed by atoms with Crippen LogP contribution in [0.1, 0.15) is 6.42 Å². The van der Waals surface area contributed by atoms with Crippen LogP contribution in [0.3, 0.4) is 0 Å². The highest BCUT2D eigenvalue weighted by atomic mass is 79.9. The average molecular weight is 297 g/mol. The number of ether oxygens (including phenoxy) is 1. The molecule has 1 aliphatic rings. The number of pyridine rings is 1. The molecule has 0 aromatic carbocycles. The molecule has 0 radical (unpaired) electrons. The first-order valence-corrected chi connectivity index (χ1v) is 6.17. The molecule has 4 nitrogen and oxygen atoms in total. The molecule has 0 spiro atoms. The van der Waals surface area contributed by atoms with Crippen molar-refractivity contribution < 1.29 is 9.53 Å². The summed E-state index contributed by atoms with van der Waals surface area (Å²) in [6.07, 6.45) is 5.65. The molecule has 2 heterocycles. The third-order valence-corrected chi connectivity index (χ3v) is 3.42. The highest BCUT2D eigenvalue weighted by Gasteiger charge is 2.31. The van der Waals surface area contributed by atoms with Crippen LogP contribution in [0.4, 0.5) is 0 Å². The smallest absolute Gasteiger partial charge is 0.246 e. The van der Waals surface area contributed by atoms with Crippen molar-refractivity contribution in [1.82, 2.24) is 9.88 Å². The Morgan fingerprint density at radius 1 is 1.76 bits per heavy atom. The highest BCUT2D eigenvalue weighted by Crippen LogP contribution is 2.25. The van der Waals surface area contributed by atoms with E-state index in [2.05, 4.69) is 27.5 Å². The van der Waals surface area contributed by atoms with Crippen molar-refractivity contribution in [3.8, 4) is 5.75 Å². The van der Waals surface area contributed by atoms with Crippen LogP contribution < -0.4 is 4.74 Å². The van der Waals surface area contributed by atoms with E-state index >= 15 is 0 Å². The van der Waals surface area contributed by atoms with Gasteiger partial charge in [-0.2, -0.15) is 0 Å². The molecule has 1 aromatic heterocycles. The van der Waals surface area contributed by atoms with Crippen molar-refractivity contribution in [2.24, 2.45) is 0 Å². The number of carbonyl (C=O) groups excluding carboxylic acids is 1. The largest absolute Gasteiger partial charge is 0.489 e. The summed E-state index contributed by atoms with van der Waals surface area (Å²) in [5, 5.41) is 0. The monoisotopic (exact) mass is 296 g/mol. The van der Waals surface area contributed by atoms with E-state index < -0.39 is 0 Å². The molecule has 0 bridgehead atoms. The zero-order chi connectivity index (χ0) is 12.3. The SMILES string of the molecule is C=CC(=O)N1CC[C@H]1COc1cnccc1Br. The first-order chi connectivity index (χ1) is 8.22. The number of halogens is 1. The maximum Gasteiger partial charge on any atom is 0.246 e. The molecule has 1 amide bonds. The summed E-state index contributed by atoms with van der Waals surface area (Å²) >= 11 is 3.38. The standard InChI is InChI=1S/C12H13BrN2O2/c1-2-12(16)15-6-4-9(15)8-17-11-7-14-5-3-10(11)13/h2-3,5,7,9H,1,4,6,8H2/t9-/m0/s1. The molecule has 1 aromatic rings. The number of nitrogens with zero attached hydrogens (tertiary/aromatic N) is 2. The molecular weight excluding hydrogens is 284 g/mol. The first-order valence-electron chi connectivity index (χ1n) is 5.37. The topological polar surface area (TPSA) is 42.4 Å². The van der Waals surface area contributed by atoms with Crippen LogP contribution in [0.2, 0.25) is 0 Å². The molecule has 1 fully saturated rings. The molecule has 5 heteroatoms. The van der Waals surface area contributed by atoms with Gasteiger partial charge >= 0.3 is 0 Å². The lowest BCUT2D eigenvalue weighted by molar-refractivity contribution is -0.134. The van der Waals surface area contributed by atoms with Gasteiger partial charge in [0.1, 0.15) is 6.61 Å². The molecular formula is C12H13BrN2O2. The van der Waals surface area contributed by atoms with E-state index in [1.165, 1.54) is 6.08 Å². The summed E-state index contributed by atoms with van der Waals surface area (Å²) in [7, 11) is 0. The Morgan fingerprint density at radius 2 is 2.59 bits per heavy atom. The van der Waals surface area contributed by atoms with Crippen LogP contribution in [0, 0.1) is 0 Å². The van der Waals surface area contributed by atoms with Gasteiger partial charge in [-0.15, -0.1) is 0 Å². The Balaban J connectivity index is 1.89. The minimum Gasteiger partial charge on any atom is -0.489 e. The first kappa shape index (κ1) is 12.1. The highest BCUT2D eigenvalue weighted by molar-refractivity contribution is 9.10. The molecule has 0 unspecified atom stereocenters. The van der Waals surface area contributed by atoms with Gasteiger partial charge in [0.05, 0.1) is 16.7 Å². The van der Waals surface area contributed by atoms with Crippen LogP contribution in [0.5, 0.6) is 5.75 Å². The summed E-state index contributed by atoms with van der Waals surface area (Å²) in [5.41, 5.74) is 0. The van der Waals surface area contributed by atoms with Crippen molar-refractivity contribution >= 4 is 21.8 Å². The summed E-state index contributed by atoms with van der Waals surface area (Å²) in [4.78, 5) is 17.2. The lowest BCUT2D eigenvalue weighted by Crippen LogP contribution is -2.53. The van der Waals surface area contributed by atoms with Gasteiger partial charge in [-0.05, 0) is 34.5 Å². The van der Waals surface area contributed by atoms with Crippen LogP contribution in [-0.4, -0.2) is 35.0 Å². The van der Waals surface area contributed by atoms with Crippen molar-refractivity contribution in [2.45, 2.75) is 12.5 Å². The zero-order valence-electron chi connectivity index (χ0n) is 9.30. The van der Waals surface area contributed by atoms with Crippen LogP contribution in [0.25, 0.3) is 0 Å². The van der Waals surface area contributed by atoms with E-state index in [-0.39, 0.29) is 11.9 Å². The molecule has 1 saturated heterocycles. The number of hydrogen-bond acceptors (Lipinski definition) is 3. The fourth-order valence-corrected chi connectivity index (χ4v) is 2.01. The van der Waals surface area contributed by atoms with Crippen molar-refractivity contribution in [1.29, 1.82) is 0 Å². The number of rotatable bonds is 4. The molecule has 0 N–H and O–H groups in total. The maximum atomic E-state index is 11.4. The predicted molar refractivity (Wildman–Crippen MR) is 67.7 cm³/mol. The third-order valence-electron chi connectivity index (χ3n) is 2.77. The van der Waals surface area contributed by atoms with Gasteiger partial charge in [-0.3, -0.25) is 9.78 Å². The molecule has 0 saturated carbocycles. The third kappa shape index (κ3) is 2.66. The lowest BCUT2D eigenvalue weighted by atomic mass is 10.0. The van der Waals surface area contributed by atoms with Crippen molar-refractivity contribution in [2.75, 3.05) is 13.2 Å². The van der Waals surface area contributed by atoms with Gasteiger partial charge in [0.25, 0.3) is 0 Å². The van der Waals surface area contributed by atoms with E-state index in [4.69, 9.17) is 4.74 Å². The molecule has 1 atom stereocenters. The molecule has 0 aliphatic carbocycles. The van der Waals surface area contributed by atoms with Gasteiger partial charge in [0.15, 0.2) is 5.75 Å². The normalized spacial score (nSPS) is 18.4. The number of hydrogen-bond donors (Lipinski definition) is 0. The summed E-state index contributed by atoms with van der Waals surface area (Å²) in [5.74, 6) is 0.667. The predicted octanol–water partition coefficient (Wildman–Crippen LogP) is 2.01. The van der Waals surface area contributed by atoms with E-state index in [0.717, 1.165) is 17.4 Å². The van der Waals surface area contributed by atoms with Gasteiger partial charge in [-0.1, -0.05) is 6.58 Å². The van der Waals surface area contributed by atoms with E-state index in [1.54, 1.807) is 17.3 Å². The fourth-order valence-electron chi connectivity index (χ4n) is 1.68. The number of likely N-dealkylation sites (tertiary alicyclic amines) is 1. The molecule has 17 heavy (non-hydrogen) atoms. The number of aromatic nitrogens is 1. The number of carbonyl (C=O) groups is 1. The summed E-state index contributed by atoms with van der Waals surface area (Å²) in [6, 6.07) is 1.97. The minimum atomic E-state index is -0.0323. The van der Waals surface area contributed by atoms with E-state index in [0.29, 0.717) is 12.4 Å². The van der Waals surface area contributed by atoms with Crippen molar-refractivity contribution in [3.63, 3.8) is 0 Å². The Hall–Kier alpha value is -1.36. The summed E-state index contributed by atoms with van der Waals surface area (Å²) in [6.45, 7) is 4.76. The fraction of sp³-hybridized carbons (Fsp3) is 0.333. The molecule has 2 rings (SSSR count). The van der Waals surface area contributed by atoms with Gasteiger partial charge in [0, 0.05) is 12.7 Å². The van der Waals surface area contributed by atoms with E-state index in [9.17, 15) is 4.79 Å². The van der Waals surface area contributed by atoms with Gasteiger partial charge < -0.3 is 9.64 Å². The average Bonchev–Trinajstić information content (AvgIpc) is 2.30. The zero-order valence-corrected chi connectivity index (χ0v) is 10.9. The number of amides is 1. The van der Waals surface area contributed by atoms with Crippen LogP contribution >= 0.6 is 15.9 Å². The van der Waals surface area contributed by atoms with Gasteiger partial charge in [0.2, 0.25) is 5.91 Å². The Labute approximate surface area is 108 Å². The van der Waals surface area contributed by atoms with E-state index in [1.807, 2.05) is 6.07 Å². The Kier molecular flexibility index (Phi) is 3.78.